The molecule has 25 heavy (non-hydrogen) atoms. The van der Waals surface area contributed by atoms with E-state index in [-0.39, 0.29) is 11.7 Å². The number of aliphatic imine (C=N–C) groups is 1. The second-order valence-corrected chi connectivity index (χ2v) is 7.09. The summed E-state index contributed by atoms with van der Waals surface area (Å²) in [6.45, 7) is 6.07. The van der Waals surface area contributed by atoms with Crippen LogP contribution in [0.1, 0.15) is 11.1 Å². The van der Waals surface area contributed by atoms with Crippen molar-refractivity contribution in [3.63, 3.8) is 0 Å². The molecule has 0 saturated carbocycles. The molecule has 0 atom stereocenters. The van der Waals surface area contributed by atoms with Crippen LogP contribution in [0.3, 0.4) is 0 Å². The van der Waals surface area contributed by atoms with E-state index >= 15 is 0 Å². The normalized spacial score (nSPS) is 13.3. The molecule has 1 aliphatic rings. The van der Waals surface area contributed by atoms with Gasteiger partial charge >= 0.3 is 0 Å². The van der Waals surface area contributed by atoms with Gasteiger partial charge in [0.2, 0.25) is 5.91 Å². The Kier molecular flexibility index (Phi) is 5.16. The molecule has 0 bridgehead atoms. The van der Waals surface area contributed by atoms with Crippen molar-refractivity contribution in [2.75, 3.05) is 18.1 Å². The molecule has 0 radical (unpaired) electrons. The smallest absolute Gasteiger partial charge is 0.234 e. The summed E-state index contributed by atoms with van der Waals surface area (Å²) in [6.07, 6.45) is 0. The maximum atomic E-state index is 12.2. The average molecular weight is 372 g/mol. The zero-order valence-corrected chi connectivity index (χ0v) is 15.6. The highest BCUT2D eigenvalue weighted by atomic mass is 35.5. The fourth-order valence-corrected chi connectivity index (χ4v) is 3.54. The number of aryl methyl sites for hydroxylation is 1. The number of carbonyl (C=O) groups is 1. The van der Waals surface area contributed by atoms with Gasteiger partial charge in [-0.1, -0.05) is 54.2 Å². The van der Waals surface area contributed by atoms with Crippen molar-refractivity contribution in [2.45, 2.75) is 6.92 Å². The molecule has 1 heterocycles. The van der Waals surface area contributed by atoms with Gasteiger partial charge in [-0.3, -0.25) is 4.79 Å². The molecular weight excluding hydrogens is 354 g/mol. The summed E-state index contributed by atoms with van der Waals surface area (Å²) < 4.78 is 0. The Morgan fingerprint density at radius 1 is 1.32 bits per heavy atom. The number of hydrogen-bond donors (Lipinski definition) is 1. The van der Waals surface area contributed by atoms with E-state index in [1.807, 2.05) is 61.3 Å². The van der Waals surface area contributed by atoms with Gasteiger partial charge < -0.3 is 10.2 Å². The van der Waals surface area contributed by atoms with Crippen molar-refractivity contribution in [3.8, 4) is 0 Å². The molecule has 0 fully saturated rings. The largest absolute Gasteiger partial charge is 0.324 e. The summed E-state index contributed by atoms with van der Waals surface area (Å²) in [4.78, 5) is 18.8. The lowest BCUT2D eigenvalue weighted by molar-refractivity contribution is -0.113. The van der Waals surface area contributed by atoms with Gasteiger partial charge in [-0.05, 0) is 30.7 Å². The number of amidine groups is 1. The molecule has 3 rings (SSSR count). The van der Waals surface area contributed by atoms with Crippen molar-refractivity contribution in [1.82, 2.24) is 4.90 Å². The summed E-state index contributed by atoms with van der Waals surface area (Å²) in [5.74, 6) is 0.111. The highest BCUT2D eigenvalue weighted by Crippen LogP contribution is 2.34. The number of nitrogens with one attached hydrogen (secondary N) is 1. The van der Waals surface area contributed by atoms with E-state index < -0.39 is 0 Å². The van der Waals surface area contributed by atoms with E-state index in [4.69, 9.17) is 11.6 Å². The van der Waals surface area contributed by atoms with E-state index in [0.29, 0.717) is 10.7 Å². The summed E-state index contributed by atoms with van der Waals surface area (Å²) in [5, 5.41) is 4.11. The van der Waals surface area contributed by atoms with Crippen molar-refractivity contribution >= 4 is 51.5 Å². The van der Waals surface area contributed by atoms with Gasteiger partial charge in [0.25, 0.3) is 0 Å². The first-order valence-corrected chi connectivity index (χ1v) is 9.11. The average Bonchev–Trinajstić information content (AvgIpc) is 2.59. The van der Waals surface area contributed by atoms with Crippen molar-refractivity contribution in [1.29, 1.82) is 0 Å². The number of fused-ring (bicyclic) bond motifs is 1. The number of nitrogens with zero attached hydrogens (tertiary/aromatic N) is 2. The van der Waals surface area contributed by atoms with Crippen molar-refractivity contribution < 1.29 is 4.79 Å². The van der Waals surface area contributed by atoms with Crippen molar-refractivity contribution in [3.05, 3.63) is 65.2 Å². The third kappa shape index (κ3) is 3.89. The monoisotopic (exact) mass is 371 g/mol. The van der Waals surface area contributed by atoms with Crippen LogP contribution in [0.15, 0.2) is 54.0 Å². The molecule has 0 spiro atoms. The van der Waals surface area contributed by atoms with Crippen LogP contribution >= 0.6 is 23.4 Å². The lowest BCUT2D eigenvalue weighted by Gasteiger charge is -2.28. The maximum Gasteiger partial charge on any atom is 0.234 e. The van der Waals surface area contributed by atoms with Crippen LogP contribution < -0.4 is 5.32 Å². The van der Waals surface area contributed by atoms with Gasteiger partial charge in [-0.15, -0.1) is 0 Å². The summed E-state index contributed by atoms with van der Waals surface area (Å²) >= 11 is 7.53. The Balaban J connectivity index is 1.68. The number of benzene rings is 2. The maximum absolute atomic E-state index is 12.2. The Labute approximate surface area is 156 Å². The lowest BCUT2D eigenvalue weighted by Crippen LogP contribution is -2.26. The molecule has 128 valence electrons. The molecule has 1 aliphatic heterocycles. The molecule has 1 amide bonds. The summed E-state index contributed by atoms with van der Waals surface area (Å²) in [6, 6.07) is 13.4. The molecule has 0 unspecified atom stereocenters. The minimum Gasteiger partial charge on any atom is -0.324 e. The fourth-order valence-electron chi connectivity index (χ4n) is 2.46. The zero-order chi connectivity index (χ0) is 18.0. The summed E-state index contributed by atoms with van der Waals surface area (Å²) in [7, 11) is 1.90. The molecule has 0 saturated heterocycles. The van der Waals surface area contributed by atoms with E-state index in [1.165, 1.54) is 11.8 Å². The molecule has 1 N–H and O–H groups in total. The Morgan fingerprint density at radius 3 is 2.84 bits per heavy atom. The fraction of sp³-hybridized carbons (Fsp3) is 0.158. The first-order chi connectivity index (χ1) is 12.0. The van der Waals surface area contributed by atoms with Gasteiger partial charge in [0.05, 0.1) is 22.2 Å². The second kappa shape index (κ2) is 7.33. The summed E-state index contributed by atoms with van der Waals surface area (Å²) in [5.41, 5.74) is 4.41. The van der Waals surface area contributed by atoms with Crippen LogP contribution in [-0.2, 0) is 4.79 Å². The van der Waals surface area contributed by atoms with Crippen LogP contribution in [0, 0.1) is 6.92 Å². The Bertz CT molecular complexity index is 879. The molecule has 0 aromatic heterocycles. The third-order valence-corrected chi connectivity index (χ3v) is 5.20. The standard InChI is InChI=1S/C19H18ClN3OS/c1-12-8-9-17(15(20)10-12)21-18(24)11-25-19-22-16-7-5-4-6-14(16)13(2)23(19)3/h4-10H,2,11H2,1,3H3,(H,21,24). The minimum atomic E-state index is -0.128. The molecule has 2 aromatic carbocycles. The number of carbonyl (C=O) groups excluding carboxylic acids is 1. The van der Waals surface area contributed by atoms with E-state index in [9.17, 15) is 4.79 Å². The van der Waals surface area contributed by atoms with Crippen LogP contribution in [0.2, 0.25) is 5.02 Å². The number of rotatable bonds is 3. The van der Waals surface area contributed by atoms with Gasteiger partial charge in [0, 0.05) is 18.3 Å². The van der Waals surface area contributed by atoms with E-state index in [0.717, 1.165) is 27.7 Å². The second-order valence-electron chi connectivity index (χ2n) is 5.74. The molecular formula is C19H18ClN3OS. The Hall–Kier alpha value is -2.24. The first kappa shape index (κ1) is 17.6. The van der Waals surface area contributed by atoms with Gasteiger partial charge in [-0.25, -0.2) is 4.99 Å². The first-order valence-electron chi connectivity index (χ1n) is 7.75. The molecule has 2 aromatic rings. The van der Waals surface area contributed by atoms with Crippen LogP contribution in [-0.4, -0.2) is 28.8 Å². The topological polar surface area (TPSA) is 44.7 Å². The van der Waals surface area contributed by atoms with E-state index in [2.05, 4.69) is 16.9 Å². The highest BCUT2D eigenvalue weighted by Gasteiger charge is 2.21. The van der Waals surface area contributed by atoms with Gasteiger partial charge in [0.1, 0.15) is 0 Å². The number of para-hydroxylation sites is 1. The third-order valence-electron chi connectivity index (χ3n) is 3.85. The number of thioether (sulfide) groups is 1. The predicted molar refractivity (Wildman–Crippen MR) is 108 cm³/mol. The van der Waals surface area contributed by atoms with Gasteiger partial charge in [0.15, 0.2) is 5.17 Å². The Morgan fingerprint density at radius 2 is 2.08 bits per heavy atom. The number of amides is 1. The van der Waals surface area contributed by atoms with E-state index in [1.54, 1.807) is 0 Å². The molecule has 6 heteroatoms. The SMILES string of the molecule is C=C1c2ccccc2N=C(SCC(=O)Nc2ccc(C)cc2Cl)N1C. The minimum absolute atomic E-state index is 0.128. The van der Waals surface area contributed by atoms with Crippen LogP contribution in [0.25, 0.3) is 5.70 Å². The molecule has 0 aliphatic carbocycles. The van der Waals surface area contributed by atoms with Gasteiger partial charge in [-0.2, -0.15) is 0 Å². The predicted octanol–water partition coefficient (Wildman–Crippen LogP) is 4.92. The number of anilines is 1. The number of hydrogen-bond acceptors (Lipinski definition) is 4. The zero-order valence-electron chi connectivity index (χ0n) is 14.0. The quantitative estimate of drug-likeness (QED) is 0.832. The van der Waals surface area contributed by atoms with Crippen molar-refractivity contribution in [2.24, 2.45) is 4.99 Å². The van der Waals surface area contributed by atoms with Crippen LogP contribution in [0.5, 0.6) is 0 Å². The molecule has 4 nitrogen and oxygen atoms in total. The highest BCUT2D eigenvalue weighted by molar-refractivity contribution is 8.14. The lowest BCUT2D eigenvalue weighted by atomic mass is 10.1. The number of halogens is 1. The van der Waals surface area contributed by atoms with Crippen LogP contribution in [0.4, 0.5) is 11.4 Å².